The van der Waals surface area contributed by atoms with Crippen LogP contribution in [0.5, 0.6) is 0 Å². The molecule has 0 bridgehead atoms. The minimum atomic E-state index is -1.17. The zero-order valence-corrected chi connectivity index (χ0v) is 14.7. The van der Waals surface area contributed by atoms with E-state index in [4.69, 9.17) is 5.73 Å². The molecule has 0 aliphatic rings. The quantitative estimate of drug-likeness (QED) is 0.536. The number of hydrogen-bond acceptors (Lipinski definition) is 4. The summed E-state index contributed by atoms with van der Waals surface area (Å²) in [5.41, 5.74) is 6.75. The van der Waals surface area contributed by atoms with Crippen LogP contribution in [0.25, 0.3) is 11.1 Å². The average Bonchev–Trinajstić information content (AvgIpc) is 3.10. The van der Waals surface area contributed by atoms with Crippen LogP contribution in [0.3, 0.4) is 0 Å². The topological polar surface area (TPSA) is 122 Å². The van der Waals surface area contributed by atoms with E-state index in [-0.39, 0.29) is 21.8 Å². The van der Waals surface area contributed by atoms with E-state index in [2.05, 4.69) is 10.6 Å². The van der Waals surface area contributed by atoms with Crippen molar-refractivity contribution in [2.75, 3.05) is 10.6 Å². The number of carboxylic acids is 1. The molecule has 7 nitrogen and oxygen atoms in total. The zero-order chi connectivity index (χ0) is 19.4. The molecule has 136 valence electrons. The fourth-order valence-corrected chi connectivity index (χ4v) is 3.39. The van der Waals surface area contributed by atoms with Crippen molar-refractivity contribution in [3.8, 4) is 11.1 Å². The van der Waals surface area contributed by atoms with Gasteiger partial charge in [0.25, 0.3) is 5.91 Å². The Kier molecular flexibility index (Phi) is 5.18. The number of anilines is 2. The second kappa shape index (κ2) is 7.71. The Bertz CT molecular complexity index is 1010. The van der Waals surface area contributed by atoms with Gasteiger partial charge in [0.1, 0.15) is 5.00 Å². The fraction of sp³-hybridized carbons (Fsp3) is 0. The smallest absolute Gasteiger partial charge is 0.338 e. The fourth-order valence-electron chi connectivity index (χ4n) is 2.60. The van der Waals surface area contributed by atoms with Crippen LogP contribution >= 0.6 is 11.3 Å². The predicted octanol–water partition coefficient (Wildman–Crippen LogP) is 3.86. The van der Waals surface area contributed by atoms with Crippen LogP contribution in [0, 0.1) is 0 Å². The van der Waals surface area contributed by atoms with E-state index in [0.29, 0.717) is 11.1 Å². The van der Waals surface area contributed by atoms with E-state index in [0.717, 1.165) is 11.3 Å². The number of carboxylic acid groups (broad SMARTS) is 1. The summed E-state index contributed by atoms with van der Waals surface area (Å²) in [5.74, 6) is -1.83. The minimum absolute atomic E-state index is 0.0276. The van der Waals surface area contributed by atoms with E-state index >= 15 is 0 Å². The van der Waals surface area contributed by atoms with E-state index in [9.17, 15) is 19.5 Å². The van der Waals surface area contributed by atoms with Crippen molar-refractivity contribution in [3.05, 3.63) is 71.1 Å². The van der Waals surface area contributed by atoms with Gasteiger partial charge in [-0.1, -0.05) is 42.5 Å². The molecule has 0 atom stereocenters. The maximum Gasteiger partial charge on any atom is 0.338 e. The molecule has 0 spiro atoms. The largest absolute Gasteiger partial charge is 0.478 e. The second-order valence-corrected chi connectivity index (χ2v) is 6.42. The van der Waals surface area contributed by atoms with Gasteiger partial charge in [-0.2, -0.15) is 0 Å². The number of nitrogens with two attached hydrogens (primary N) is 1. The standard InChI is InChI=1S/C19H15N3O4S/c20-16(23)13-9-10-27-17(13)22-19(26)21-14-8-4-7-12(15(14)18(24)25)11-5-2-1-3-6-11/h1-10H,(H2,20,23)(H,24,25)(H2,21,22,26). The summed E-state index contributed by atoms with van der Waals surface area (Å²) in [5, 5.41) is 16.6. The summed E-state index contributed by atoms with van der Waals surface area (Å²) in [7, 11) is 0. The van der Waals surface area contributed by atoms with Crippen molar-refractivity contribution in [2.24, 2.45) is 5.73 Å². The predicted molar refractivity (Wildman–Crippen MR) is 104 cm³/mol. The van der Waals surface area contributed by atoms with E-state index in [1.807, 2.05) is 6.07 Å². The van der Waals surface area contributed by atoms with Gasteiger partial charge >= 0.3 is 12.0 Å². The van der Waals surface area contributed by atoms with Gasteiger partial charge in [0.2, 0.25) is 0 Å². The lowest BCUT2D eigenvalue weighted by molar-refractivity contribution is 0.0698. The Morgan fingerprint density at radius 2 is 1.67 bits per heavy atom. The van der Waals surface area contributed by atoms with Crippen molar-refractivity contribution in [1.29, 1.82) is 0 Å². The summed E-state index contributed by atoms with van der Waals surface area (Å²) >= 11 is 1.14. The van der Waals surface area contributed by atoms with Crippen molar-refractivity contribution in [2.45, 2.75) is 0 Å². The molecule has 0 radical (unpaired) electrons. The number of nitrogens with one attached hydrogen (secondary N) is 2. The number of carbonyl (C=O) groups excluding carboxylic acids is 2. The van der Waals surface area contributed by atoms with Crippen molar-refractivity contribution in [3.63, 3.8) is 0 Å². The summed E-state index contributed by atoms with van der Waals surface area (Å²) in [6.45, 7) is 0. The van der Waals surface area contributed by atoms with Gasteiger partial charge in [-0.05, 0) is 28.6 Å². The molecule has 2 aromatic carbocycles. The summed E-state index contributed by atoms with van der Waals surface area (Å²) in [6.07, 6.45) is 0. The molecule has 5 N–H and O–H groups in total. The maximum atomic E-state index is 12.3. The van der Waals surface area contributed by atoms with Gasteiger partial charge in [0.05, 0.1) is 16.8 Å². The molecule has 8 heteroatoms. The molecule has 0 saturated heterocycles. The molecular formula is C19H15N3O4S. The number of thiophene rings is 1. The van der Waals surface area contributed by atoms with Crippen molar-refractivity contribution in [1.82, 2.24) is 0 Å². The van der Waals surface area contributed by atoms with Gasteiger partial charge in [-0.3, -0.25) is 10.1 Å². The van der Waals surface area contributed by atoms with Crippen LogP contribution in [0.2, 0.25) is 0 Å². The van der Waals surface area contributed by atoms with Crippen LogP contribution in [-0.4, -0.2) is 23.0 Å². The molecule has 0 aliphatic carbocycles. The number of primary amides is 1. The molecule has 3 aromatic rings. The highest BCUT2D eigenvalue weighted by Crippen LogP contribution is 2.30. The van der Waals surface area contributed by atoms with Gasteiger partial charge in [-0.25, -0.2) is 9.59 Å². The van der Waals surface area contributed by atoms with Crippen molar-refractivity contribution >= 4 is 39.9 Å². The number of aromatic carboxylic acids is 1. The normalized spacial score (nSPS) is 10.2. The first kappa shape index (κ1) is 18.2. The molecule has 27 heavy (non-hydrogen) atoms. The summed E-state index contributed by atoms with van der Waals surface area (Å²) in [6, 6.07) is 14.7. The highest BCUT2D eigenvalue weighted by atomic mass is 32.1. The third-order valence-corrected chi connectivity index (χ3v) is 4.60. The lowest BCUT2D eigenvalue weighted by Gasteiger charge is -2.13. The number of rotatable bonds is 5. The Balaban J connectivity index is 1.91. The highest BCUT2D eigenvalue weighted by molar-refractivity contribution is 7.14. The second-order valence-electron chi connectivity index (χ2n) is 5.51. The van der Waals surface area contributed by atoms with E-state index in [1.165, 1.54) is 12.1 Å². The van der Waals surface area contributed by atoms with E-state index in [1.54, 1.807) is 41.8 Å². The minimum Gasteiger partial charge on any atom is -0.478 e. The van der Waals surface area contributed by atoms with Crippen molar-refractivity contribution < 1.29 is 19.5 Å². The Morgan fingerprint density at radius 1 is 0.926 bits per heavy atom. The van der Waals surface area contributed by atoms with Gasteiger partial charge < -0.3 is 16.2 Å². The lowest BCUT2D eigenvalue weighted by atomic mass is 9.98. The molecule has 1 heterocycles. The summed E-state index contributed by atoms with van der Waals surface area (Å²) < 4.78 is 0. The van der Waals surface area contributed by atoms with E-state index < -0.39 is 17.9 Å². The first-order valence-corrected chi connectivity index (χ1v) is 8.72. The molecule has 0 fully saturated rings. The lowest BCUT2D eigenvalue weighted by Crippen LogP contribution is -2.22. The Labute approximate surface area is 158 Å². The molecule has 0 unspecified atom stereocenters. The number of amides is 3. The molecule has 0 aliphatic heterocycles. The summed E-state index contributed by atoms with van der Waals surface area (Å²) in [4.78, 5) is 35.5. The van der Waals surface area contributed by atoms with Gasteiger partial charge in [0, 0.05) is 0 Å². The number of hydrogen-bond donors (Lipinski definition) is 4. The monoisotopic (exact) mass is 381 g/mol. The SMILES string of the molecule is NC(=O)c1ccsc1NC(=O)Nc1cccc(-c2ccccc2)c1C(=O)O. The molecule has 1 aromatic heterocycles. The first-order chi connectivity index (χ1) is 13.0. The van der Waals surface area contributed by atoms with Crippen LogP contribution in [-0.2, 0) is 0 Å². The third kappa shape index (κ3) is 3.96. The Hall–Kier alpha value is -3.65. The molecule has 0 saturated carbocycles. The third-order valence-electron chi connectivity index (χ3n) is 3.77. The highest BCUT2D eigenvalue weighted by Gasteiger charge is 2.19. The number of urea groups is 1. The van der Waals surface area contributed by atoms with Crippen LogP contribution < -0.4 is 16.4 Å². The van der Waals surface area contributed by atoms with Crippen LogP contribution in [0.1, 0.15) is 20.7 Å². The Morgan fingerprint density at radius 3 is 2.33 bits per heavy atom. The first-order valence-electron chi connectivity index (χ1n) is 7.84. The number of benzene rings is 2. The zero-order valence-electron chi connectivity index (χ0n) is 13.9. The molecular weight excluding hydrogens is 366 g/mol. The van der Waals surface area contributed by atoms with Gasteiger partial charge in [0.15, 0.2) is 0 Å². The molecule has 3 amide bonds. The maximum absolute atomic E-state index is 12.3. The van der Waals surface area contributed by atoms with Crippen LogP contribution in [0.15, 0.2) is 60.0 Å². The molecule has 3 rings (SSSR count). The van der Waals surface area contributed by atoms with Crippen LogP contribution in [0.4, 0.5) is 15.5 Å². The average molecular weight is 381 g/mol. The number of carbonyl (C=O) groups is 3. The van der Waals surface area contributed by atoms with Gasteiger partial charge in [-0.15, -0.1) is 11.3 Å².